The lowest BCUT2D eigenvalue weighted by molar-refractivity contribution is -0.119. The molecule has 2 rings (SSSR count). The molecule has 0 aliphatic rings. The molecule has 1 atom stereocenters. The maximum atomic E-state index is 12.3. The Bertz CT molecular complexity index is 710. The van der Waals surface area contributed by atoms with Gasteiger partial charge >= 0.3 is 0 Å². The summed E-state index contributed by atoms with van der Waals surface area (Å²) < 4.78 is 0. The molecular weight excluding hydrogens is 328 g/mol. The van der Waals surface area contributed by atoms with Crippen molar-refractivity contribution in [3.63, 3.8) is 0 Å². The van der Waals surface area contributed by atoms with Crippen molar-refractivity contribution in [2.24, 2.45) is 5.16 Å². The predicted molar refractivity (Wildman–Crippen MR) is 83.5 cm³/mol. The summed E-state index contributed by atoms with van der Waals surface area (Å²) in [6.45, 7) is 0. The first-order valence-corrected chi connectivity index (χ1v) is 7.60. The summed E-state index contributed by atoms with van der Waals surface area (Å²) in [5.41, 5.74) is 11.6. The lowest BCUT2D eigenvalue weighted by atomic mass is 10.2. The van der Waals surface area contributed by atoms with Crippen LogP contribution < -0.4 is 16.8 Å². The highest BCUT2D eigenvalue weighted by Crippen LogP contribution is 2.18. The highest BCUT2D eigenvalue weighted by atomic mass is 32.1. The third-order valence-electron chi connectivity index (χ3n) is 2.44. The van der Waals surface area contributed by atoms with E-state index in [0.29, 0.717) is 17.1 Å². The molecule has 0 saturated carbocycles. The van der Waals surface area contributed by atoms with E-state index in [1.165, 1.54) is 18.4 Å². The van der Waals surface area contributed by atoms with Crippen molar-refractivity contribution in [1.82, 2.24) is 15.3 Å². The van der Waals surface area contributed by atoms with Crippen LogP contribution >= 0.6 is 22.7 Å². The third-order valence-corrected chi connectivity index (χ3v) is 3.81. The number of hydrogen-bond acceptors (Lipinski definition) is 10. The van der Waals surface area contributed by atoms with E-state index in [-0.39, 0.29) is 16.5 Å². The lowest BCUT2D eigenvalue weighted by Crippen LogP contribution is -2.36. The molecule has 1 unspecified atom stereocenters. The van der Waals surface area contributed by atoms with Crippen LogP contribution in [0, 0.1) is 0 Å². The Morgan fingerprint density at radius 3 is 2.55 bits per heavy atom. The molecule has 116 valence electrons. The van der Waals surface area contributed by atoms with E-state index in [2.05, 4.69) is 25.3 Å². The second-order valence-electron chi connectivity index (χ2n) is 3.89. The first kappa shape index (κ1) is 15.9. The Balaban J connectivity index is 2.20. The normalized spacial score (nSPS) is 12.7. The molecule has 2 aromatic rings. The molecule has 0 radical (unpaired) electrons. The van der Waals surface area contributed by atoms with Crippen molar-refractivity contribution in [2.75, 3.05) is 18.6 Å². The molecule has 0 bridgehead atoms. The summed E-state index contributed by atoms with van der Waals surface area (Å²) >= 11 is 2.32. The molecule has 0 saturated heterocycles. The molecule has 2 aromatic heterocycles. The smallest absolute Gasteiger partial charge is 0.276 e. The Labute approximate surface area is 133 Å². The molecular formula is C11H12N6O3S2. The van der Waals surface area contributed by atoms with E-state index in [0.717, 1.165) is 11.3 Å². The van der Waals surface area contributed by atoms with Crippen LogP contribution in [0.3, 0.4) is 0 Å². The Morgan fingerprint density at radius 2 is 2.05 bits per heavy atom. The van der Waals surface area contributed by atoms with Crippen molar-refractivity contribution in [3.8, 4) is 0 Å². The van der Waals surface area contributed by atoms with Gasteiger partial charge in [0.15, 0.2) is 16.0 Å². The molecule has 0 fully saturated rings. The van der Waals surface area contributed by atoms with Gasteiger partial charge in [-0.3, -0.25) is 4.79 Å². The second-order valence-corrected chi connectivity index (χ2v) is 5.67. The van der Waals surface area contributed by atoms with Crippen LogP contribution in [-0.2, 0) is 14.4 Å². The summed E-state index contributed by atoms with van der Waals surface area (Å²) in [5, 5.41) is 9.84. The van der Waals surface area contributed by atoms with Gasteiger partial charge in [-0.15, -0.1) is 22.7 Å². The van der Waals surface area contributed by atoms with Crippen LogP contribution in [0.1, 0.15) is 17.4 Å². The van der Waals surface area contributed by atoms with Gasteiger partial charge in [0.1, 0.15) is 25.1 Å². The minimum atomic E-state index is -0.945. The average molecular weight is 340 g/mol. The van der Waals surface area contributed by atoms with Gasteiger partial charge in [0.25, 0.3) is 5.91 Å². The van der Waals surface area contributed by atoms with Crippen LogP contribution in [0.15, 0.2) is 15.9 Å². The van der Waals surface area contributed by atoms with Crippen molar-refractivity contribution >= 4 is 50.8 Å². The number of rotatable bonds is 6. The van der Waals surface area contributed by atoms with Crippen LogP contribution in [0.2, 0.25) is 0 Å². The van der Waals surface area contributed by atoms with Gasteiger partial charge in [0.05, 0.1) is 5.69 Å². The second kappa shape index (κ2) is 6.95. The molecule has 0 spiro atoms. The number of oxime groups is 1. The minimum absolute atomic E-state index is 0.0921. The quantitative estimate of drug-likeness (QED) is 0.386. The van der Waals surface area contributed by atoms with Gasteiger partial charge in [0.2, 0.25) is 0 Å². The molecule has 1 amide bonds. The van der Waals surface area contributed by atoms with Crippen molar-refractivity contribution in [1.29, 1.82) is 0 Å². The van der Waals surface area contributed by atoms with Crippen LogP contribution in [0.5, 0.6) is 0 Å². The first-order chi connectivity index (χ1) is 10.5. The molecule has 11 heteroatoms. The topological polar surface area (TPSA) is 146 Å². The van der Waals surface area contributed by atoms with Crippen molar-refractivity contribution in [3.05, 3.63) is 22.1 Å². The van der Waals surface area contributed by atoms with E-state index in [1.54, 1.807) is 10.8 Å². The first-order valence-electron chi connectivity index (χ1n) is 5.84. The van der Waals surface area contributed by atoms with Gasteiger partial charge in [-0.05, 0) is 0 Å². The SMILES string of the molecule is CO/N=C(\C(=O)NC(C=O)c1csc(N)n1)c1csc(N)n1. The molecule has 0 aliphatic heterocycles. The van der Waals surface area contributed by atoms with E-state index in [9.17, 15) is 9.59 Å². The standard InChI is InChI=1S/C11H12N6O3S2/c1-20-17-8(7-4-22-11(13)16-7)9(19)14-5(2-18)6-3-21-10(12)15-6/h2-5H,1H3,(H2,12,15)(H2,13,16)(H,14,19)/b17-8-. The summed E-state index contributed by atoms with van der Waals surface area (Å²) in [4.78, 5) is 36.0. The van der Waals surface area contributed by atoms with Gasteiger partial charge in [-0.2, -0.15) is 0 Å². The Hall–Kier alpha value is -2.53. The van der Waals surface area contributed by atoms with Gasteiger partial charge in [-0.25, -0.2) is 9.97 Å². The molecule has 9 nitrogen and oxygen atoms in total. The number of carbonyl (C=O) groups is 2. The van der Waals surface area contributed by atoms with Crippen LogP contribution in [-0.4, -0.2) is 35.0 Å². The van der Waals surface area contributed by atoms with E-state index in [4.69, 9.17) is 11.5 Å². The number of nitrogens with two attached hydrogens (primary N) is 2. The number of aldehydes is 1. The summed E-state index contributed by atoms with van der Waals surface area (Å²) in [6.07, 6.45) is 0.548. The number of anilines is 2. The number of nitrogens with zero attached hydrogens (tertiary/aromatic N) is 3. The monoisotopic (exact) mass is 340 g/mol. The van der Waals surface area contributed by atoms with Gasteiger partial charge < -0.3 is 26.4 Å². The Kier molecular flexibility index (Phi) is 5.01. The van der Waals surface area contributed by atoms with Gasteiger partial charge in [0, 0.05) is 10.8 Å². The zero-order valence-corrected chi connectivity index (χ0v) is 13.0. The van der Waals surface area contributed by atoms with Crippen molar-refractivity contribution in [2.45, 2.75) is 6.04 Å². The number of thiazole rings is 2. The minimum Gasteiger partial charge on any atom is -0.398 e. The third kappa shape index (κ3) is 3.56. The maximum absolute atomic E-state index is 12.3. The number of nitrogens with one attached hydrogen (secondary N) is 1. The molecule has 0 aliphatic carbocycles. The zero-order chi connectivity index (χ0) is 16.1. The lowest BCUT2D eigenvalue weighted by Gasteiger charge is -2.10. The highest BCUT2D eigenvalue weighted by molar-refractivity contribution is 7.14. The number of nitrogen functional groups attached to an aromatic ring is 2. The fraction of sp³-hybridized carbons (Fsp3) is 0.182. The molecule has 2 heterocycles. The number of hydrogen-bond donors (Lipinski definition) is 3. The predicted octanol–water partition coefficient (Wildman–Crippen LogP) is 0.171. The summed E-state index contributed by atoms with van der Waals surface area (Å²) in [6, 6.07) is -0.945. The average Bonchev–Trinajstić information content (AvgIpc) is 3.10. The van der Waals surface area contributed by atoms with E-state index < -0.39 is 11.9 Å². The summed E-state index contributed by atoms with van der Waals surface area (Å²) in [5.74, 6) is -0.643. The molecule has 5 N–H and O–H groups in total. The fourth-order valence-corrected chi connectivity index (χ4v) is 2.67. The van der Waals surface area contributed by atoms with Crippen molar-refractivity contribution < 1.29 is 14.4 Å². The van der Waals surface area contributed by atoms with Crippen LogP contribution in [0.25, 0.3) is 0 Å². The van der Waals surface area contributed by atoms with Gasteiger partial charge in [-0.1, -0.05) is 5.16 Å². The van der Waals surface area contributed by atoms with E-state index >= 15 is 0 Å². The van der Waals surface area contributed by atoms with E-state index in [1.807, 2.05) is 0 Å². The largest absolute Gasteiger partial charge is 0.398 e. The fourth-order valence-electron chi connectivity index (χ4n) is 1.52. The maximum Gasteiger partial charge on any atom is 0.276 e. The number of aromatic nitrogens is 2. The Morgan fingerprint density at radius 1 is 1.36 bits per heavy atom. The molecule has 22 heavy (non-hydrogen) atoms. The highest BCUT2D eigenvalue weighted by Gasteiger charge is 2.23. The number of amides is 1. The number of carbonyl (C=O) groups excluding carboxylic acids is 2. The summed E-state index contributed by atoms with van der Waals surface area (Å²) in [7, 11) is 1.29. The molecule has 0 aromatic carbocycles. The van der Waals surface area contributed by atoms with Crippen LogP contribution in [0.4, 0.5) is 10.3 Å². The zero-order valence-electron chi connectivity index (χ0n) is 11.3.